The van der Waals surface area contributed by atoms with Crippen LogP contribution in [0.3, 0.4) is 0 Å². The second-order valence-electron chi connectivity index (χ2n) is 4.13. The van der Waals surface area contributed by atoms with Crippen LogP contribution < -0.4 is 10.6 Å². The molecule has 0 fully saturated rings. The third kappa shape index (κ3) is 12.4. The van der Waals surface area contributed by atoms with Crippen molar-refractivity contribution in [2.45, 2.75) is 33.1 Å². The van der Waals surface area contributed by atoms with Gasteiger partial charge in [-0.3, -0.25) is 0 Å². The summed E-state index contributed by atoms with van der Waals surface area (Å²) in [5.74, 6) is 0.638. The van der Waals surface area contributed by atoms with Crippen LogP contribution in [0.25, 0.3) is 0 Å². The van der Waals surface area contributed by atoms with E-state index in [2.05, 4.69) is 29.3 Å². The van der Waals surface area contributed by atoms with E-state index < -0.39 is 5.09 Å². The normalized spacial score (nSPS) is 10.1. The van der Waals surface area contributed by atoms with Gasteiger partial charge >= 0.3 is 6.03 Å². The number of carbonyl (C=O) groups is 1. The summed E-state index contributed by atoms with van der Waals surface area (Å²) in [5, 5.41) is 14.3. The van der Waals surface area contributed by atoms with Gasteiger partial charge in [0.2, 0.25) is 0 Å². The molecule has 0 atom stereocenters. The van der Waals surface area contributed by atoms with Crippen LogP contribution >= 0.6 is 0 Å². The maximum Gasteiger partial charge on any atom is 0.314 e. The predicted octanol–water partition coefficient (Wildman–Crippen LogP) is 1.32. The van der Waals surface area contributed by atoms with Crippen molar-refractivity contribution >= 4 is 6.03 Å². The maximum atomic E-state index is 11.2. The first-order valence-corrected chi connectivity index (χ1v) is 5.81. The molecular formula is C10H21N3O4. The van der Waals surface area contributed by atoms with E-state index in [0.717, 1.165) is 12.8 Å². The number of nitrogens with one attached hydrogen (secondary N) is 2. The van der Waals surface area contributed by atoms with Gasteiger partial charge in [-0.2, -0.15) is 0 Å². The van der Waals surface area contributed by atoms with Gasteiger partial charge < -0.3 is 15.5 Å². The average molecular weight is 247 g/mol. The van der Waals surface area contributed by atoms with Gasteiger partial charge in [0.25, 0.3) is 5.09 Å². The summed E-state index contributed by atoms with van der Waals surface area (Å²) >= 11 is 0. The fraction of sp³-hybridized carbons (Fsp3) is 0.900. The molecule has 7 heteroatoms. The summed E-state index contributed by atoms with van der Waals surface area (Å²) in [6.45, 7) is 5.28. The Hall–Kier alpha value is -1.53. The first-order chi connectivity index (χ1) is 8.02. The predicted molar refractivity (Wildman–Crippen MR) is 63.0 cm³/mol. The van der Waals surface area contributed by atoms with Crippen molar-refractivity contribution in [1.82, 2.24) is 10.6 Å². The van der Waals surface area contributed by atoms with E-state index >= 15 is 0 Å². The van der Waals surface area contributed by atoms with Crippen molar-refractivity contribution in [3.8, 4) is 0 Å². The van der Waals surface area contributed by atoms with Crippen LogP contribution in [0.4, 0.5) is 4.79 Å². The number of urea groups is 1. The van der Waals surface area contributed by atoms with Crippen molar-refractivity contribution in [3.05, 3.63) is 10.1 Å². The van der Waals surface area contributed by atoms with E-state index in [4.69, 9.17) is 0 Å². The lowest BCUT2D eigenvalue weighted by Crippen LogP contribution is -2.36. The minimum atomic E-state index is -0.841. The van der Waals surface area contributed by atoms with E-state index in [1.165, 1.54) is 0 Å². The summed E-state index contributed by atoms with van der Waals surface area (Å²) in [4.78, 5) is 25.1. The zero-order chi connectivity index (χ0) is 13.1. The number of nitrogens with zero attached hydrogens (tertiary/aromatic N) is 1. The van der Waals surface area contributed by atoms with Gasteiger partial charge in [-0.25, -0.2) is 4.79 Å². The molecule has 7 nitrogen and oxygen atoms in total. The van der Waals surface area contributed by atoms with Crippen molar-refractivity contribution in [3.63, 3.8) is 0 Å². The molecule has 2 N–H and O–H groups in total. The van der Waals surface area contributed by atoms with Crippen molar-refractivity contribution < 1.29 is 14.7 Å². The Morgan fingerprint density at radius 2 is 1.88 bits per heavy atom. The van der Waals surface area contributed by atoms with Gasteiger partial charge in [0.1, 0.15) is 0 Å². The number of hydrogen-bond donors (Lipinski definition) is 2. The SMILES string of the molecule is CC(C)CCCNC(=O)NCCCO[N+](=O)[O-]. The third-order valence-electron chi connectivity index (χ3n) is 2.05. The fourth-order valence-corrected chi connectivity index (χ4v) is 1.19. The van der Waals surface area contributed by atoms with Crippen LogP contribution in [0.15, 0.2) is 0 Å². The number of hydrogen-bond acceptors (Lipinski definition) is 4. The van der Waals surface area contributed by atoms with Crippen LogP contribution in [0.1, 0.15) is 33.1 Å². The molecule has 100 valence electrons. The van der Waals surface area contributed by atoms with Gasteiger partial charge in [0, 0.05) is 13.1 Å². The van der Waals surface area contributed by atoms with E-state index in [-0.39, 0.29) is 12.6 Å². The molecule has 0 aromatic rings. The van der Waals surface area contributed by atoms with E-state index in [9.17, 15) is 14.9 Å². The second-order valence-corrected chi connectivity index (χ2v) is 4.13. The molecule has 0 aliphatic rings. The first kappa shape index (κ1) is 15.5. The first-order valence-electron chi connectivity index (χ1n) is 5.81. The van der Waals surface area contributed by atoms with E-state index in [1.54, 1.807) is 0 Å². The monoisotopic (exact) mass is 247 g/mol. The van der Waals surface area contributed by atoms with Gasteiger partial charge in [-0.15, -0.1) is 10.1 Å². The zero-order valence-corrected chi connectivity index (χ0v) is 10.4. The number of rotatable bonds is 9. The Kier molecular flexibility index (Phi) is 8.81. The highest BCUT2D eigenvalue weighted by molar-refractivity contribution is 5.73. The molecule has 0 aromatic carbocycles. The zero-order valence-electron chi connectivity index (χ0n) is 10.4. The van der Waals surface area contributed by atoms with Gasteiger partial charge in [0.15, 0.2) is 0 Å². The van der Waals surface area contributed by atoms with Crippen LogP contribution in [-0.4, -0.2) is 30.8 Å². The summed E-state index contributed by atoms with van der Waals surface area (Å²) in [7, 11) is 0. The van der Waals surface area contributed by atoms with Crippen molar-refractivity contribution in [2.24, 2.45) is 5.92 Å². The summed E-state index contributed by atoms with van der Waals surface area (Å²) in [6.07, 6.45) is 2.45. The van der Waals surface area contributed by atoms with Crippen LogP contribution in [0.5, 0.6) is 0 Å². The van der Waals surface area contributed by atoms with E-state index in [0.29, 0.717) is 25.4 Å². The molecule has 0 heterocycles. The molecule has 0 saturated carbocycles. The summed E-state index contributed by atoms with van der Waals surface area (Å²) < 4.78 is 0. The molecule has 0 aliphatic carbocycles. The molecular weight excluding hydrogens is 226 g/mol. The van der Waals surface area contributed by atoms with Crippen LogP contribution in [0.2, 0.25) is 0 Å². The second kappa shape index (κ2) is 9.68. The number of amides is 2. The molecule has 0 bridgehead atoms. The standard InChI is InChI=1S/C10H21N3O4/c1-9(2)5-3-6-11-10(14)12-7-4-8-17-13(15)16/h9H,3-8H2,1-2H3,(H2,11,12,14). The molecule has 0 unspecified atom stereocenters. The van der Waals surface area contributed by atoms with Crippen LogP contribution in [-0.2, 0) is 4.84 Å². The lowest BCUT2D eigenvalue weighted by molar-refractivity contribution is -0.757. The molecule has 0 rings (SSSR count). The quantitative estimate of drug-likeness (QED) is 0.365. The van der Waals surface area contributed by atoms with Crippen LogP contribution in [0, 0.1) is 16.0 Å². The molecule has 2 amide bonds. The summed E-state index contributed by atoms with van der Waals surface area (Å²) in [5.41, 5.74) is 0. The topological polar surface area (TPSA) is 93.5 Å². The minimum Gasteiger partial charge on any atom is -0.338 e. The third-order valence-corrected chi connectivity index (χ3v) is 2.05. The van der Waals surface area contributed by atoms with Gasteiger partial charge in [-0.05, 0) is 25.2 Å². The molecule has 0 saturated heterocycles. The molecule has 0 radical (unpaired) electrons. The fourth-order valence-electron chi connectivity index (χ4n) is 1.19. The van der Waals surface area contributed by atoms with Crippen molar-refractivity contribution in [2.75, 3.05) is 19.7 Å². The van der Waals surface area contributed by atoms with Gasteiger partial charge in [0.05, 0.1) is 6.61 Å². The Morgan fingerprint density at radius 3 is 2.41 bits per heavy atom. The highest BCUT2D eigenvalue weighted by Crippen LogP contribution is 2.01. The Bertz CT molecular complexity index is 234. The highest BCUT2D eigenvalue weighted by atomic mass is 16.9. The average Bonchev–Trinajstić information content (AvgIpc) is 2.23. The maximum absolute atomic E-state index is 11.2. The Labute approximate surface area is 101 Å². The minimum absolute atomic E-state index is 0.000624. The Balaban J connectivity index is 3.26. The molecule has 0 aliphatic heterocycles. The summed E-state index contributed by atoms with van der Waals surface area (Å²) in [6, 6.07) is -0.241. The molecule has 0 spiro atoms. The number of carbonyl (C=O) groups excluding carboxylic acids is 1. The van der Waals surface area contributed by atoms with E-state index in [1.807, 2.05) is 0 Å². The van der Waals surface area contributed by atoms with Crippen molar-refractivity contribution in [1.29, 1.82) is 0 Å². The lowest BCUT2D eigenvalue weighted by Gasteiger charge is -2.08. The Morgan fingerprint density at radius 1 is 1.29 bits per heavy atom. The largest absolute Gasteiger partial charge is 0.338 e. The molecule has 0 aromatic heterocycles. The smallest absolute Gasteiger partial charge is 0.314 e. The van der Waals surface area contributed by atoms with Gasteiger partial charge in [-0.1, -0.05) is 13.8 Å². The highest BCUT2D eigenvalue weighted by Gasteiger charge is 2.00. The lowest BCUT2D eigenvalue weighted by atomic mass is 10.1. The molecule has 17 heavy (non-hydrogen) atoms.